The second-order valence-electron chi connectivity index (χ2n) is 6.25. The van der Waals surface area contributed by atoms with E-state index >= 15 is 0 Å². The number of ether oxygens (including phenoxy) is 3. The molecule has 0 aliphatic heterocycles. The largest absolute Gasteiger partial charge is 0.490 e. The molecule has 0 fully saturated rings. The van der Waals surface area contributed by atoms with Crippen LogP contribution in [0.2, 0.25) is 0 Å². The molecule has 2 rings (SSSR count). The van der Waals surface area contributed by atoms with Gasteiger partial charge in [0.2, 0.25) is 10.0 Å². The first-order valence-corrected chi connectivity index (χ1v) is 10.3. The lowest BCUT2D eigenvalue weighted by atomic mass is 10.2. The van der Waals surface area contributed by atoms with Crippen molar-refractivity contribution in [3.8, 4) is 5.75 Å². The zero-order chi connectivity index (χ0) is 20.6. The van der Waals surface area contributed by atoms with Crippen LogP contribution in [0.1, 0.15) is 22.8 Å². The van der Waals surface area contributed by atoms with Gasteiger partial charge in [-0.25, -0.2) is 17.9 Å². The highest BCUT2D eigenvalue weighted by atomic mass is 32.2. The summed E-state index contributed by atoms with van der Waals surface area (Å²) < 4.78 is 42.7. The standard InChI is InChI=1S/C20H25NO6S/c1-15-6-4-5-7-19(15)26-12-13-27-20(22)17-8-10-18(11-9-17)28(23,24)21-16(2)14-25-3/h4-11,16,21H,12-14H2,1-3H3/t16-/m1/s1. The Labute approximate surface area is 165 Å². The molecule has 8 heteroatoms. The first kappa shape index (κ1) is 21.9. The van der Waals surface area contributed by atoms with Crippen molar-refractivity contribution in [2.45, 2.75) is 24.8 Å². The van der Waals surface area contributed by atoms with Gasteiger partial charge in [0.15, 0.2) is 0 Å². The number of carbonyl (C=O) groups excluding carboxylic acids is 1. The van der Waals surface area contributed by atoms with Gasteiger partial charge in [-0.05, 0) is 49.7 Å². The van der Waals surface area contributed by atoms with E-state index in [1.165, 1.54) is 31.4 Å². The van der Waals surface area contributed by atoms with Crippen LogP contribution in [0.25, 0.3) is 0 Å². The Morgan fingerprint density at radius 2 is 1.75 bits per heavy atom. The van der Waals surface area contributed by atoms with Gasteiger partial charge in [0, 0.05) is 13.2 Å². The lowest BCUT2D eigenvalue weighted by molar-refractivity contribution is 0.0450. The number of methoxy groups -OCH3 is 1. The van der Waals surface area contributed by atoms with Gasteiger partial charge in [0.1, 0.15) is 19.0 Å². The lowest BCUT2D eigenvalue weighted by Crippen LogP contribution is -2.35. The van der Waals surface area contributed by atoms with Gasteiger partial charge in [-0.1, -0.05) is 18.2 Å². The Bertz CT molecular complexity index is 880. The average Bonchev–Trinajstić information content (AvgIpc) is 2.66. The Hall–Kier alpha value is -2.42. The Kier molecular flexibility index (Phi) is 7.98. The number of sulfonamides is 1. The molecule has 0 aliphatic rings. The van der Waals surface area contributed by atoms with E-state index in [1.807, 2.05) is 31.2 Å². The Morgan fingerprint density at radius 1 is 1.07 bits per heavy atom. The topological polar surface area (TPSA) is 90.9 Å². The van der Waals surface area contributed by atoms with Gasteiger partial charge in [-0.15, -0.1) is 0 Å². The smallest absolute Gasteiger partial charge is 0.338 e. The highest BCUT2D eigenvalue weighted by Crippen LogP contribution is 2.16. The molecule has 0 saturated heterocycles. The summed E-state index contributed by atoms with van der Waals surface area (Å²) in [5.74, 6) is 0.196. The molecule has 7 nitrogen and oxygen atoms in total. The summed E-state index contributed by atoms with van der Waals surface area (Å²) in [4.78, 5) is 12.2. The molecule has 152 valence electrons. The first-order chi connectivity index (χ1) is 13.3. The van der Waals surface area contributed by atoms with E-state index in [4.69, 9.17) is 14.2 Å². The van der Waals surface area contributed by atoms with E-state index in [-0.39, 0.29) is 36.3 Å². The summed E-state index contributed by atoms with van der Waals surface area (Å²) in [6.45, 7) is 4.20. The minimum Gasteiger partial charge on any atom is -0.490 e. The lowest BCUT2D eigenvalue weighted by Gasteiger charge is -2.13. The summed E-state index contributed by atoms with van der Waals surface area (Å²) in [6.07, 6.45) is 0. The van der Waals surface area contributed by atoms with Crippen molar-refractivity contribution in [2.24, 2.45) is 0 Å². The van der Waals surface area contributed by atoms with Crippen molar-refractivity contribution in [3.05, 3.63) is 59.7 Å². The molecule has 0 amide bonds. The summed E-state index contributed by atoms with van der Waals surface area (Å²) in [7, 11) is -2.18. The third kappa shape index (κ3) is 6.33. The zero-order valence-electron chi connectivity index (χ0n) is 16.2. The zero-order valence-corrected chi connectivity index (χ0v) is 17.0. The third-order valence-electron chi connectivity index (χ3n) is 3.84. The number of benzene rings is 2. The SMILES string of the molecule is COC[C@@H](C)NS(=O)(=O)c1ccc(C(=O)OCCOc2ccccc2C)cc1. The number of hydrogen-bond acceptors (Lipinski definition) is 6. The average molecular weight is 407 g/mol. The number of nitrogens with one attached hydrogen (secondary N) is 1. The van der Waals surface area contributed by atoms with Crippen LogP contribution in [-0.2, 0) is 19.5 Å². The van der Waals surface area contributed by atoms with Crippen LogP contribution in [0.15, 0.2) is 53.4 Å². The van der Waals surface area contributed by atoms with Crippen molar-refractivity contribution in [2.75, 3.05) is 26.9 Å². The van der Waals surface area contributed by atoms with Crippen molar-refractivity contribution >= 4 is 16.0 Å². The van der Waals surface area contributed by atoms with Gasteiger partial charge in [0.25, 0.3) is 0 Å². The maximum Gasteiger partial charge on any atom is 0.338 e. The van der Waals surface area contributed by atoms with E-state index in [2.05, 4.69) is 4.72 Å². The van der Waals surface area contributed by atoms with Crippen molar-refractivity contribution in [1.29, 1.82) is 0 Å². The third-order valence-corrected chi connectivity index (χ3v) is 5.45. The maximum absolute atomic E-state index is 12.3. The molecule has 28 heavy (non-hydrogen) atoms. The highest BCUT2D eigenvalue weighted by Gasteiger charge is 2.18. The molecule has 0 heterocycles. The highest BCUT2D eigenvalue weighted by molar-refractivity contribution is 7.89. The normalized spacial score (nSPS) is 12.4. The molecular weight excluding hydrogens is 382 g/mol. The number of rotatable bonds is 10. The second-order valence-corrected chi connectivity index (χ2v) is 7.97. The summed E-state index contributed by atoms with van der Waals surface area (Å²) in [6, 6.07) is 12.8. The van der Waals surface area contributed by atoms with E-state index < -0.39 is 16.0 Å². The molecule has 2 aromatic carbocycles. The van der Waals surface area contributed by atoms with E-state index in [0.29, 0.717) is 0 Å². The van der Waals surface area contributed by atoms with Gasteiger partial charge in [0.05, 0.1) is 17.1 Å². The molecule has 1 N–H and O–H groups in total. The molecule has 0 bridgehead atoms. The minimum atomic E-state index is -3.68. The molecule has 0 aromatic heterocycles. The minimum absolute atomic E-state index is 0.0647. The molecule has 0 radical (unpaired) electrons. The first-order valence-electron chi connectivity index (χ1n) is 8.80. The van der Waals surface area contributed by atoms with E-state index in [1.54, 1.807) is 6.92 Å². The van der Waals surface area contributed by atoms with Crippen molar-refractivity contribution < 1.29 is 27.4 Å². The van der Waals surface area contributed by atoms with Gasteiger partial charge in [-0.3, -0.25) is 0 Å². The summed E-state index contributed by atoms with van der Waals surface area (Å²) in [5.41, 5.74) is 1.26. The molecular formula is C20H25NO6S. The fourth-order valence-electron chi connectivity index (χ4n) is 2.47. The molecule has 0 unspecified atom stereocenters. The van der Waals surface area contributed by atoms with Gasteiger partial charge >= 0.3 is 5.97 Å². The maximum atomic E-state index is 12.3. The van der Waals surface area contributed by atoms with Gasteiger partial charge < -0.3 is 14.2 Å². The van der Waals surface area contributed by atoms with Crippen LogP contribution in [0.4, 0.5) is 0 Å². The molecule has 1 atom stereocenters. The fraction of sp³-hybridized carbons (Fsp3) is 0.350. The quantitative estimate of drug-likeness (QED) is 0.481. The van der Waals surface area contributed by atoms with Crippen LogP contribution in [-0.4, -0.2) is 47.4 Å². The molecule has 0 aliphatic carbocycles. The molecule has 0 spiro atoms. The van der Waals surface area contributed by atoms with Crippen LogP contribution in [0.5, 0.6) is 5.75 Å². The number of hydrogen-bond donors (Lipinski definition) is 1. The van der Waals surface area contributed by atoms with E-state index in [9.17, 15) is 13.2 Å². The number of esters is 1. The predicted molar refractivity (Wildman–Crippen MR) is 105 cm³/mol. The number of aryl methyl sites for hydroxylation is 1. The summed E-state index contributed by atoms with van der Waals surface area (Å²) >= 11 is 0. The van der Waals surface area contributed by atoms with Crippen LogP contribution < -0.4 is 9.46 Å². The van der Waals surface area contributed by atoms with Gasteiger partial charge in [-0.2, -0.15) is 0 Å². The fourth-order valence-corrected chi connectivity index (χ4v) is 3.70. The molecule has 2 aromatic rings. The van der Waals surface area contributed by atoms with Crippen LogP contribution in [0.3, 0.4) is 0 Å². The number of para-hydroxylation sites is 1. The monoisotopic (exact) mass is 407 g/mol. The van der Waals surface area contributed by atoms with Crippen LogP contribution >= 0.6 is 0 Å². The van der Waals surface area contributed by atoms with E-state index in [0.717, 1.165) is 11.3 Å². The summed E-state index contributed by atoms with van der Waals surface area (Å²) in [5, 5.41) is 0. The molecule has 0 saturated carbocycles. The van der Waals surface area contributed by atoms with Crippen molar-refractivity contribution in [3.63, 3.8) is 0 Å². The second kappa shape index (κ2) is 10.2. The Morgan fingerprint density at radius 3 is 2.39 bits per heavy atom. The Balaban J connectivity index is 1.86. The number of carbonyl (C=O) groups is 1. The predicted octanol–water partition coefficient (Wildman–Crippen LogP) is 2.54. The van der Waals surface area contributed by atoms with Crippen LogP contribution in [0, 0.1) is 6.92 Å². The van der Waals surface area contributed by atoms with Crippen molar-refractivity contribution in [1.82, 2.24) is 4.72 Å².